The summed E-state index contributed by atoms with van der Waals surface area (Å²) in [5.74, 6) is -0.0672. The highest BCUT2D eigenvalue weighted by atomic mass is 16.5. The van der Waals surface area contributed by atoms with E-state index in [9.17, 15) is 14.7 Å². The van der Waals surface area contributed by atoms with Crippen molar-refractivity contribution in [3.8, 4) is 5.75 Å². The molecular weight excluding hydrogens is 274 g/mol. The van der Waals surface area contributed by atoms with E-state index in [0.717, 1.165) is 6.42 Å². The molecule has 2 heterocycles. The predicted molar refractivity (Wildman–Crippen MR) is 77.8 cm³/mol. The fraction of sp³-hybridized carbons (Fsp3) is 0.643. The van der Waals surface area contributed by atoms with Crippen molar-refractivity contribution in [3.63, 3.8) is 0 Å². The van der Waals surface area contributed by atoms with Crippen molar-refractivity contribution in [1.29, 1.82) is 0 Å². The summed E-state index contributed by atoms with van der Waals surface area (Å²) in [7, 11) is 1.43. The molecule has 1 aromatic heterocycles. The highest BCUT2D eigenvalue weighted by molar-refractivity contribution is 5.75. The van der Waals surface area contributed by atoms with Crippen molar-refractivity contribution in [2.24, 2.45) is 5.41 Å². The van der Waals surface area contributed by atoms with Gasteiger partial charge in [-0.2, -0.15) is 0 Å². The molecule has 0 amide bonds. The zero-order valence-corrected chi connectivity index (χ0v) is 12.4. The second kappa shape index (κ2) is 6.15. The molecular formula is C14H21N3O4. The highest BCUT2D eigenvalue weighted by Crippen LogP contribution is 2.38. The smallest absolute Gasteiger partial charge is 0.309 e. The Hall–Kier alpha value is -2.05. The van der Waals surface area contributed by atoms with Crippen molar-refractivity contribution in [1.82, 2.24) is 9.97 Å². The molecule has 1 aromatic rings. The van der Waals surface area contributed by atoms with E-state index >= 15 is 0 Å². The summed E-state index contributed by atoms with van der Waals surface area (Å²) >= 11 is 0. The van der Waals surface area contributed by atoms with Crippen LogP contribution in [-0.4, -0.2) is 41.2 Å². The normalized spacial score (nSPS) is 17.5. The zero-order valence-electron chi connectivity index (χ0n) is 12.4. The molecule has 0 bridgehead atoms. The number of hydrogen-bond acceptors (Lipinski definition) is 5. The van der Waals surface area contributed by atoms with Crippen LogP contribution in [0.2, 0.25) is 0 Å². The summed E-state index contributed by atoms with van der Waals surface area (Å²) in [6, 6.07) is 0. The van der Waals surface area contributed by atoms with Crippen LogP contribution in [0.4, 0.5) is 5.82 Å². The summed E-state index contributed by atoms with van der Waals surface area (Å²) in [6.07, 6.45) is 3.96. The maximum atomic E-state index is 11.7. The van der Waals surface area contributed by atoms with Crippen LogP contribution in [0.1, 0.15) is 32.6 Å². The van der Waals surface area contributed by atoms with Crippen LogP contribution in [0.15, 0.2) is 11.1 Å². The topological polar surface area (TPSA) is 95.5 Å². The first-order chi connectivity index (χ1) is 10.0. The van der Waals surface area contributed by atoms with E-state index in [4.69, 9.17) is 4.74 Å². The molecule has 1 saturated heterocycles. The molecule has 0 aromatic carbocycles. The number of carboxylic acids is 1. The van der Waals surface area contributed by atoms with Gasteiger partial charge in [0.2, 0.25) is 5.75 Å². The van der Waals surface area contributed by atoms with Crippen molar-refractivity contribution in [2.75, 3.05) is 25.1 Å². The van der Waals surface area contributed by atoms with Gasteiger partial charge in [-0.1, -0.05) is 13.3 Å². The zero-order chi connectivity index (χ0) is 15.5. The van der Waals surface area contributed by atoms with Gasteiger partial charge in [-0.15, -0.1) is 0 Å². The number of ether oxygens (including phenoxy) is 1. The number of H-pyrrole nitrogens is 1. The molecule has 21 heavy (non-hydrogen) atoms. The highest BCUT2D eigenvalue weighted by Gasteiger charge is 2.41. The van der Waals surface area contributed by atoms with E-state index in [1.54, 1.807) is 0 Å². The average molecular weight is 295 g/mol. The molecule has 2 N–H and O–H groups in total. The molecule has 1 aliphatic rings. The summed E-state index contributed by atoms with van der Waals surface area (Å²) in [6.45, 7) is 3.11. The maximum absolute atomic E-state index is 11.7. The van der Waals surface area contributed by atoms with Crippen LogP contribution in [-0.2, 0) is 4.79 Å². The number of carbonyl (C=O) groups is 1. The van der Waals surface area contributed by atoms with Gasteiger partial charge in [0.15, 0.2) is 5.82 Å². The fourth-order valence-electron chi connectivity index (χ4n) is 2.98. The van der Waals surface area contributed by atoms with Crippen molar-refractivity contribution in [3.05, 3.63) is 16.7 Å². The molecule has 0 atom stereocenters. The van der Waals surface area contributed by atoms with Gasteiger partial charge >= 0.3 is 5.97 Å². The van der Waals surface area contributed by atoms with Crippen LogP contribution < -0.4 is 15.2 Å². The lowest BCUT2D eigenvalue weighted by Gasteiger charge is -2.39. The minimum Gasteiger partial charge on any atom is -0.489 e. The summed E-state index contributed by atoms with van der Waals surface area (Å²) in [4.78, 5) is 31.8. The molecule has 1 fully saturated rings. The van der Waals surface area contributed by atoms with Crippen LogP contribution in [0.25, 0.3) is 0 Å². The Morgan fingerprint density at radius 2 is 2.19 bits per heavy atom. The third kappa shape index (κ3) is 2.86. The number of carboxylic acid groups (broad SMARTS) is 1. The second-order valence-electron chi connectivity index (χ2n) is 5.41. The average Bonchev–Trinajstić information content (AvgIpc) is 2.48. The van der Waals surface area contributed by atoms with Gasteiger partial charge in [0.1, 0.15) is 0 Å². The lowest BCUT2D eigenvalue weighted by Crippen LogP contribution is -2.45. The van der Waals surface area contributed by atoms with E-state index in [2.05, 4.69) is 9.97 Å². The standard InChI is InChI=1S/C14H21N3O4/c1-3-4-14(13(19)20)5-7-17(8-6-14)11-10(21-2)12(18)16-9-15-11/h9H,3-8H2,1-2H3,(H,19,20)(H,15,16,18). The van der Waals surface area contributed by atoms with Crippen molar-refractivity contribution in [2.45, 2.75) is 32.6 Å². The molecule has 0 unspecified atom stereocenters. The summed E-state index contributed by atoms with van der Waals surface area (Å²) in [5, 5.41) is 9.51. The lowest BCUT2D eigenvalue weighted by molar-refractivity contribution is -0.150. The Labute approximate surface area is 123 Å². The minimum absolute atomic E-state index is 0.177. The number of piperidine rings is 1. The molecule has 2 rings (SSSR count). The number of hydrogen-bond donors (Lipinski definition) is 2. The number of aliphatic carboxylic acids is 1. The number of aromatic nitrogens is 2. The minimum atomic E-state index is -0.727. The Morgan fingerprint density at radius 3 is 2.71 bits per heavy atom. The van der Waals surface area contributed by atoms with Gasteiger partial charge in [-0.25, -0.2) is 4.98 Å². The Morgan fingerprint density at radius 1 is 1.52 bits per heavy atom. The number of nitrogens with one attached hydrogen (secondary N) is 1. The summed E-state index contributed by atoms with van der Waals surface area (Å²) in [5.41, 5.74) is -0.981. The molecule has 0 radical (unpaired) electrons. The van der Waals surface area contributed by atoms with Gasteiger partial charge < -0.3 is 19.7 Å². The molecule has 7 heteroatoms. The first-order valence-electron chi connectivity index (χ1n) is 7.14. The van der Waals surface area contributed by atoms with Crippen LogP contribution >= 0.6 is 0 Å². The maximum Gasteiger partial charge on any atom is 0.309 e. The largest absolute Gasteiger partial charge is 0.489 e. The van der Waals surface area contributed by atoms with Crippen LogP contribution in [0.3, 0.4) is 0 Å². The third-order valence-corrected chi connectivity index (χ3v) is 4.20. The number of anilines is 1. The predicted octanol–water partition coefficient (Wildman–Crippen LogP) is 1.25. The number of nitrogens with zero attached hydrogens (tertiary/aromatic N) is 2. The molecule has 0 saturated carbocycles. The number of rotatable bonds is 5. The van der Waals surface area contributed by atoms with Gasteiger partial charge in [-0.3, -0.25) is 9.59 Å². The Bertz CT molecular complexity index is 562. The van der Waals surface area contributed by atoms with E-state index in [0.29, 0.717) is 38.2 Å². The Balaban J connectivity index is 2.19. The molecule has 116 valence electrons. The van der Waals surface area contributed by atoms with E-state index < -0.39 is 11.4 Å². The quantitative estimate of drug-likeness (QED) is 0.849. The second-order valence-corrected chi connectivity index (χ2v) is 5.41. The molecule has 0 spiro atoms. The van der Waals surface area contributed by atoms with E-state index in [1.807, 2.05) is 11.8 Å². The van der Waals surface area contributed by atoms with Crippen LogP contribution in [0, 0.1) is 5.41 Å². The molecule has 7 nitrogen and oxygen atoms in total. The number of methoxy groups -OCH3 is 1. The molecule has 0 aliphatic carbocycles. The monoisotopic (exact) mass is 295 g/mol. The fourth-order valence-corrected chi connectivity index (χ4v) is 2.98. The van der Waals surface area contributed by atoms with Gasteiger partial charge in [0, 0.05) is 13.1 Å². The first-order valence-corrected chi connectivity index (χ1v) is 7.14. The van der Waals surface area contributed by atoms with Gasteiger partial charge in [-0.05, 0) is 19.3 Å². The van der Waals surface area contributed by atoms with E-state index in [-0.39, 0.29) is 11.3 Å². The third-order valence-electron chi connectivity index (χ3n) is 4.20. The van der Waals surface area contributed by atoms with Crippen molar-refractivity contribution < 1.29 is 14.6 Å². The van der Waals surface area contributed by atoms with Gasteiger partial charge in [0.25, 0.3) is 5.56 Å². The van der Waals surface area contributed by atoms with Crippen molar-refractivity contribution >= 4 is 11.8 Å². The van der Waals surface area contributed by atoms with Crippen LogP contribution in [0.5, 0.6) is 5.75 Å². The summed E-state index contributed by atoms with van der Waals surface area (Å²) < 4.78 is 5.11. The number of aromatic amines is 1. The lowest BCUT2D eigenvalue weighted by atomic mass is 9.75. The Kier molecular flexibility index (Phi) is 4.50. The van der Waals surface area contributed by atoms with Gasteiger partial charge in [0.05, 0.1) is 18.9 Å². The van der Waals surface area contributed by atoms with E-state index in [1.165, 1.54) is 13.4 Å². The molecule has 1 aliphatic heterocycles. The SMILES string of the molecule is CCCC1(C(=O)O)CCN(c2nc[nH]c(=O)c2OC)CC1. The first kappa shape index (κ1) is 15.3.